The Hall–Kier alpha value is -1.71. The van der Waals surface area contributed by atoms with Gasteiger partial charge in [-0.3, -0.25) is 4.79 Å². The molecular weight excluding hydrogens is 212 g/mol. The molecule has 0 radical (unpaired) electrons. The normalized spacial score (nSPS) is 10.9. The minimum atomic E-state index is -0.993. The summed E-state index contributed by atoms with van der Waals surface area (Å²) in [6, 6.07) is 3.69. The van der Waals surface area contributed by atoms with Crippen molar-refractivity contribution >= 4 is 10.9 Å². The van der Waals surface area contributed by atoms with Crippen LogP contribution in [0, 0.1) is 11.6 Å². The van der Waals surface area contributed by atoms with E-state index in [0.29, 0.717) is 12.1 Å². The minimum absolute atomic E-state index is 0.0454. The number of pyridine rings is 1. The van der Waals surface area contributed by atoms with Crippen LogP contribution in [0.5, 0.6) is 0 Å². The van der Waals surface area contributed by atoms with Crippen molar-refractivity contribution in [3.63, 3.8) is 0 Å². The van der Waals surface area contributed by atoms with E-state index in [1.807, 2.05) is 6.92 Å². The summed E-state index contributed by atoms with van der Waals surface area (Å²) in [7, 11) is 0. The van der Waals surface area contributed by atoms with E-state index in [9.17, 15) is 13.6 Å². The number of nitrogens with one attached hydrogen (secondary N) is 1. The topological polar surface area (TPSA) is 32.9 Å². The Morgan fingerprint density at radius 3 is 2.75 bits per heavy atom. The molecule has 84 valence electrons. The molecule has 1 heterocycles. The van der Waals surface area contributed by atoms with Gasteiger partial charge in [-0.25, -0.2) is 8.78 Å². The molecule has 0 spiro atoms. The maximum atomic E-state index is 13.5. The lowest BCUT2D eigenvalue weighted by Gasteiger charge is -2.04. The van der Waals surface area contributed by atoms with Crippen molar-refractivity contribution in [1.29, 1.82) is 0 Å². The standard InChI is InChI=1S/C12H11F2NO/c1-2-3-7-6-10(16)8-4-5-9(13)11(14)12(8)15-7/h4-6H,2-3H2,1H3,(H,15,16). The number of H-pyrrole nitrogens is 1. The summed E-state index contributed by atoms with van der Waals surface area (Å²) in [4.78, 5) is 14.4. The van der Waals surface area contributed by atoms with Gasteiger partial charge in [-0.2, -0.15) is 0 Å². The van der Waals surface area contributed by atoms with Gasteiger partial charge in [0.1, 0.15) is 0 Å². The summed E-state index contributed by atoms with van der Waals surface area (Å²) >= 11 is 0. The predicted octanol–water partition coefficient (Wildman–Crippen LogP) is 2.76. The van der Waals surface area contributed by atoms with E-state index in [4.69, 9.17) is 0 Å². The van der Waals surface area contributed by atoms with E-state index in [1.54, 1.807) is 0 Å². The van der Waals surface area contributed by atoms with Gasteiger partial charge < -0.3 is 4.98 Å². The Morgan fingerprint density at radius 2 is 2.06 bits per heavy atom. The minimum Gasteiger partial charge on any atom is -0.356 e. The lowest BCUT2D eigenvalue weighted by Crippen LogP contribution is -2.07. The molecule has 0 bridgehead atoms. The lowest BCUT2D eigenvalue weighted by atomic mass is 10.1. The molecule has 1 aromatic heterocycles. The van der Waals surface area contributed by atoms with Crippen LogP contribution in [0.4, 0.5) is 8.78 Å². The molecule has 1 aromatic carbocycles. The molecule has 0 fully saturated rings. The van der Waals surface area contributed by atoms with Crippen LogP contribution in [-0.2, 0) is 6.42 Å². The highest BCUT2D eigenvalue weighted by Gasteiger charge is 2.10. The Bertz CT molecular complexity index is 589. The second-order valence-corrected chi connectivity index (χ2v) is 3.69. The lowest BCUT2D eigenvalue weighted by molar-refractivity contribution is 0.515. The fourth-order valence-corrected chi connectivity index (χ4v) is 1.71. The van der Waals surface area contributed by atoms with Crippen LogP contribution < -0.4 is 5.43 Å². The monoisotopic (exact) mass is 223 g/mol. The van der Waals surface area contributed by atoms with Crippen molar-refractivity contribution in [2.45, 2.75) is 19.8 Å². The van der Waals surface area contributed by atoms with E-state index in [2.05, 4.69) is 4.98 Å². The van der Waals surface area contributed by atoms with Crippen LogP contribution in [0.1, 0.15) is 19.0 Å². The fraction of sp³-hybridized carbons (Fsp3) is 0.250. The van der Waals surface area contributed by atoms with Crippen molar-refractivity contribution in [2.24, 2.45) is 0 Å². The average Bonchev–Trinajstić information content (AvgIpc) is 2.25. The van der Waals surface area contributed by atoms with Crippen molar-refractivity contribution in [2.75, 3.05) is 0 Å². The average molecular weight is 223 g/mol. The van der Waals surface area contributed by atoms with E-state index in [0.717, 1.165) is 12.5 Å². The zero-order chi connectivity index (χ0) is 11.7. The number of hydrogen-bond acceptors (Lipinski definition) is 1. The molecule has 16 heavy (non-hydrogen) atoms. The van der Waals surface area contributed by atoms with E-state index < -0.39 is 11.6 Å². The number of rotatable bonds is 2. The number of halogens is 2. The van der Waals surface area contributed by atoms with Gasteiger partial charge in [0.2, 0.25) is 0 Å². The molecule has 0 atom stereocenters. The van der Waals surface area contributed by atoms with Gasteiger partial charge >= 0.3 is 0 Å². The van der Waals surface area contributed by atoms with Crippen molar-refractivity contribution < 1.29 is 8.78 Å². The second-order valence-electron chi connectivity index (χ2n) is 3.69. The molecule has 0 unspecified atom stereocenters. The number of fused-ring (bicyclic) bond motifs is 1. The first-order valence-corrected chi connectivity index (χ1v) is 5.13. The van der Waals surface area contributed by atoms with E-state index in [-0.39, 0.29) is 16.3 Å². The van der Waals surface area contributed by atoms with Gasteiger partial charge in [0.25, 0.3) is 0 Å². The molecule has 0 saturated carbocycles. The third kappa shape index (κ3) is 1.71. The molecule has 0 amide bonds. The molecule has 2 rings (SSSR count). The molecule has 0 aliphatic rings. The quantitative estimate of drug-likeness (QED) is 0.834. The Balaban J connectivity index is 2.78. The predicted molar refractivity (Wildman–Crippen MR) is 58.5 cm³/mol. The number of benzene rings is 1. The van der Waals surface area contributed by atoms with Crippen LogP contribution >= 0.6 is 0 Å². The fourth-order valence-electron chi connectivity index (χ4n) is 1.71. The molecule has 0 aliphatic heterocycles. The summed E-state index contributed by atoms with van der Waals surface area (Å²) in [6.07, 6.45) is 1.47. The molecule has 2 aromatic rings. The van der Waals surface area contributed by atoms with Gasteiger partial charge in [0, 0.05) is 17.1 Å². The van der Waals surface area contributed by atoms with Crippen LogP contribution in [-0.4, -0.2) is 4.98 Å². The number of aromatic amines is 1. The smallest absolute Gasteiger partial charge is 0.189 e. The number of aromatic nitrogens is 1. The molecule has 0 saturated heterocycles. The summed E-state index contributed by atoms with van der Waals surface area (Å²) in [5.41, 5.74) is 0.302. The Morgan fingerprint density at radius 1 is 1.31 bits per heavy atom. The Labute approximate surface area is 90.9 Å². The summed E-state index contributed by atoms with van der Waals surface area (Å²) < 4.78 is 26.5. The first kappa shape index (κ1) is 10.8. The zero-order valence-electron chi connectivity index (χ0n) is 8.81. The summed E-state index contributed by atoms with van der Waals surface area (Å²) in [5, 5.41) is 0.179. The van der Waals surface area contributed by atoms with Crippen LogP contribution in [0.25, 0.3) is 10.9 Å². The van der Waals surface area contributed by atoms with Gasteiger partial charge in [-0.1, -0.05) is 13.3 Å². The van der Waals surface area contributed by atoms with Crippen molar-refractivity contribution in [3.8, 4) is 0 Å². The highest BCUT2D eigenvalue weighted by Crippen LogP contribution is 2.16. The van der Waals surface area contributed by atoms with Crippen LogP contribution in [0.2, 0.25) is 0 Å². The summed E-state index contributed by atoms with van der Waals surface area (Å²) in [6.45, 7) is 1.95. The number of aryl methyl sites for hydroxylation is 1. The molecule has 4 heteroatoms. The largest absolute Gasteiger partial charge is 0.356 e. The molecule has 2 nitrogen and oxygen atoms in total. The van der Waals surface area contributed by atoms with Crippen molar-refractivity contribution in [1.82, 2.24) is 4.98 Å². The maximum absolute atomic E-state index is 13.5. The van der Waals surface area contributed by atoms with Gasteiger partial charge in [0.15, 0.2) is 17.1 Å². The van der Waals surface area contributed by atoms with E-state index >= 15 is 0 Å². The molecule has 1 N–H and O–H groups in total. The first-order valence-electron chi connectivity index (χ1n) is 5.13. The number of hydrogen-bond donors (Lipinski definition) is 1. The SMILES string of the molecule is CCCc1cc(=O)c2ccc(F)c(F)c2[nH]1. The highest BCUT2D eigenvalue weighted by atomic mass is 19.2. The van der Waals surface area contributed by atoms with Gasteiger partial charge in [0.05, 0.1) is 5.52 Å². The zero-order valence-corrected chi connectivity index (χ0v) is 8.81. The van der Waals surface area contributed by atoms with Crippen LogP contribution in [0.3, 0.4) is 0 Å². The van der Waals surface area contributed by atoms with E-state index in [1.165, 1.54) is 12.1 Å². The third-order valence-corrected chi connectivity index (χ3v) is 2.47. The van der Waals surface area contributed by atoms with Crippen LogP contribution in [0.15, 0.2) is 23.0 Å². The Kier molecular flexibility index (Phi) is 2.73. The van der Waals surface area contributed by atoms with Crippen molar-refractivity contribution in [3.05, 3.63) is 45.8 Å². The highest BCUT2D eigenvalue weighted by molar-refractivity contribution is 5.79. The van der Waals surface area contributed by atoms with Gasteiger partial charge in [-0.05, 0) is 18.6 Å². The molecule has 0 aliphatic carbocycles. The van der Waals surface area contributed by atoms with Gasteiger partial charge in [-0.15, -0.1) is 0 Å². The third-order valence-electron chi connectivity index (χ3n) is 2.47. The first-order chi connectivity index (χ1) is 7.63. The molecular formula is C12H11F2NO. The summed E-state index contributed by atoms with van der Waals surface area (Å²) in [5.74, 6) is -1.94. The second kappa shape index (κ2) is 4.04. The maximum Gasteiger partial charge on any atom is 0.189 e.